The number of aliphatic hydroxyl groups excluding tert-OH is 1. The third-order valence-electron chi connectivity index (χ3n) is 9.47. The van der Waals surface area contributed by atoms with Crippen LogP contribution in [0.2, 0.25) is 0 Å². The second-order valence-electron chi connectivity index (χ2n) is 12.2. The fourth-order valence-corrected chi connectivity index (χ4v) is 6.67. The minimum atomic E-state index is -0.168. The van der Waals surface area contributed by atoms with Gasteiger partial charge in [0.25, 0.3) is 5.91 Å². The van der Waals surface area contributed by atoms with Gasteiger partial charge in [-0.2, -0.15) is 5.26 Å². The van der Waals surface area contributed by atoms with Gasteiger partial charge >= 0.3 is 0 Å². The second kappa shape index (κ2) is 13.0. The average molecular weight is 546 g/mol. The van der Waals surface area contributed by atoms with Gasteiger partial charge < -0.3 is 20.1 Å². The number of rotatable bonds is 7. The van der Waals surface area contributed by atoms with Crippen molar-refractivity contribution in [3.05, 3.63) is 46.6 Å². The second-order valence-corrected chi connectivity index (χ2v) is 12.2. The summed E-state index contributed by atoms with van der Waals surface area (Å²) in [5.74, 6) is 3.05. The quantitative estimate of drug-likeness (QED) is 0.489. The van der Waals surface area contributed by atoms with E-state index < -0.39 is 0 Å². The van der Waals surface area contributed by atoms with E-state index >= 15 is 0 Å². The van der Waals surface area contributed by atoms with E-state index in [0.29, 0.717) is 11.3 Å². The summed E-state index contributed by atoms with van der Waals surface area (Å²) in [5, 5.41) is 30.8. The van der Waals surface area contributed by atoms with Gasteiger partial charge in [0, 0.05) is 19.1 Å². The topological polar surface area (TPSA) is 111 Å². The summed E-state index contributed by atoms with van der Waals surface area (Å²) in [6.45, 7) is 5.91. The fourth-order valence-electron chi connectivity index (χ4n) is 6.67. The van der Waals surface area contributed by atoms with E-state index in [1.54, 1.807) is 6.07 Å². The molecule has 40 heavy (non-hydrogen) atoms. The summed E-state index contributed by atoms with van der Waals surface area (Å²) in [5.41, 5.74) is 3.03. The molecule has 5 rings (SSSR count). The summed E-state index contributed by atoms with van der Waals surface area (Å²) in [7, 11) is 0. The molecule has 0 unspecified atom stereocenters. The van der Waals surface area contributed by atoms with Gasteiger partial charge in [-0.1, -0.05) is 0 Å². The Balaban J connectivity index is 1.04. The third kappa shape index (κ3) is 6.93. The van der Waals surface area contributed by atoms with E-state index in [9.17, 15) is 15.2 Å². The molecule has 3 aliphatic rings. The van der Waals surface area contributed by atoms with Crippen LogP contribution < -0.4 is 15.0 Å². The first-order valence-corrected chi connectivity index (χ1v) is 15.1. The molecule has 8 heteroatoms. The number of nitrogens with zero attached hydrogens (tertiary/aromatic N) is 4. The summed E-state index contributed by atoms with van der Waals surface area (Å²) >= 11 is 0. The van der Waals surface area contributed by atoms with Crippen LogP contribution >= 0.6 is 0 Å². The minimum absolute atomic E-state index is 0.0776. The predicted molar refractivity (Wildman–Crippen MR) is 154 cm³/mol. The molecular weight excluding hydrogens is 502 g/mol. The number of amides is 1. The molecule has 214 valence electrons. The SMILES string of the molecule is Cc1c(C#N)ccc(OC2CCC(NC(=O)c3ccc(N4CCC(CC5CCC(O)CC5)CC4)nn3)CC2)c1C. The van der Waals surface area contributed by atoms with Crippen LogP contribution in [0, 0.1) is 37.0 Å². The van der Waals surface area contributed by atoms with Crippen LogP contribution in [0.1, 0.15) is 97.8 Å². The van der Waals surface area contributed by atoms with Gasteiger partial charge in [-0.15, -0.1) is 10.2 Å². The molecule has 0 spiro atoms. The smallest absolute Gasteiger partial charge is 0.272 e. The highest BCUT2D eigenvalue weighted by atomic mass is 16.5. The standard InChI is InChI=1S/C32H43N5O3/c1-21-22(2)30(13-5-25(21)20-33)40-28-10-6-26(7-11-28)34-32(39)29-12-14-31(36-35-29)37-17-15-24(16-18-37)19-23-3-8-27(38)9-4-23/h5,12-14,23-24,26-28,38H,3-4,6-11,15-19H2,1-2H3,(H,34,39). The lowest BCUT2D eigenvalue weighted by Gasteiger charge is -2.35. The zero-order valence-electron chi connectivity index (χ0n) is 23.9. The fraction of sp³-hybridized carbons (Fsp3) is 0.625. The lowest BCUT2D eigenvalue weighted by atomic mass is 9.79. The number of hydrogen-bond acceptors (Lipinski definition) is 7. The maximum Gasteiger partial charge on any atom is 0.272 e. The van der Waals surface area contributed by atoms with E-state index in [1.807, 2.05) is 32.0 Å². The first-order chi connectivity index (χ1) is 19.4. The van der Waals surface area contributed by atoms with Crippen molar-refractivity contribution in [3.63, 3.8) is 0 Å². The molecule has 2 heterocycles. The van der Waals surface area contributed by atoms with E-state index in [-0.39, 0.29) is 24.2 Å². The number of benzene rings is 1. The van der Waals surface area contributed by atoms with Gasteiger partial charge in [-0.3, -0.25) is 4.79 Å². The molecule has 3 fully saturated rings. The van der Waals surface area contributed by atoms with E-state index in [4.69, 9.17) is 4.74 Å². The lowest BCUT2D eigenvalue weighted by Crippen LogP contribution is -2.40. The molecule has 2 aromatic rings. The molecule has 1 saturated heterocycles. The Morgan fingerprint density at radius 3 is 2.30 bits per heavy atom. The zero-order valence-corrected chi connectivity index (χ0v) is 23.9. The van der Waals surface area contributed by atoms with Crippen molar-refractivity contribution in [1.29, 1.82) is 5.26 Å². The highest BCUT2D eigenvalue weighted by Gasteiger charge is 2.27. The summed E-state index contributed by atoms with van der Waals surface area (Å²) < 4.78 is 6.27. The average Bonchev–Trinajstić information content (AvgIpc) is 2.98. The van der Waals surface area contributed by atoms with Crippen LogP contribution in [0.15, 0.2) is 24.3 Å². The van der Waals surface area contributed by atoms with Gasteiger partial charge in [0.05, 0.1) is 23.8 Å². The summed E-state index contributed by atoms with van der Waals surface area (Å²) in [6.07, 6.45) is 11.4. The molecule has 1 amide bonds. The van der Waals surface area contributed by atoms with Crippen molar-refractivity contribution in [2.75, 3.05) is 18.0 Å². The van der Waals surface area contributed by atoms with Gasteiger partial charge in [0.15, 0.2) is 11.5 Å². The number of aliphatic hydroxyl groups is 1. The van der Waals surface area contributed by atoms with Crippen molar-refractivity contribution < 1.29 is 14.6 Å². The number of nitriles is 1. The molecule has 2 saturated carbocycles. The minimum Gasteiger partial charge on any atom is -0.490 e. The lowest BCUT2D eigenvalue weighted by molar-refractivity contribution is 0.0887. The number of aromatic nitrogens is 2. The number of hydrogen-bond donors (Lipinski definition) is 2. The monoisotopic (exact) mass is 545 g/mol. The number of carbonyl (C=O) groups excluding carboxylic acids is 1. The van der Waals surface area contributed by atoms with Crippen LogP contribution in [0.3, 0.4) is 0 Å². The van der Waals surface area contributed by atoms with Crippen molar-refractivity contribution >= 4 is 11.7 Å². The van der Waals surface area contributed by atoms with Gasteiger partial charge in [-0.05, 0) is 132 Å². The highest BCUT2D eigenvalue weighted by molar-refractivity contribution is 5.92. The van der Waals surface area contributed by atoms with Crippen LogP contribution in [-0.2, 0) is 0 Å². The highest BCUT2D eigenvalue weighted by Crippen LogP contribution is 2.34. The van der Waals surface area contributed by atoms with Gasteiger partial charge in [0.2, 0.25) is 0 Å². The predicted octanol–water partition coefficient (Wildman–Crippen LogP) is 5.24. The van der Waals surface area contributed by atoms with Crippen LogP contribution in [0.5, 0.6) is 5.75 Å². The third-order valence-corrected chi connectivity index (χ3v) is 9.47. The number of piperidine rings is 1. The molecule has 0 bridgehead atoms. The van der Waals surface area contributed by atoms with Gasteiger partial charge in [-0.25, -0.2) is 0 Å². The van der Waals surface area contributed by atoms with Crippen LogP contribution in [-0.4, -0.2) is 52.6 Å². The number of ether oxygens (including phenoxy) is 1. The number of anilines is 1. The molecule has 0 radical (unpaired) electrons. The first kappa shape index (κ1) is 28.4. The van der Waals surface area contributed by atoms with E-state index in [1.165, 1.54) is 32.1 Å². The molecule has 1 aromatic carbocycles. The number of nitrogens with one attached hydrogen (secondary N) is 1. The number of carbonyl (C=O) groups is 1. The molecule has 1 aromatic heterocycles. The van der Waals surface area contributed by atoms with Crippen molar-refractivity contribution in [1.82, 2.24) is 15.5 Å². The Labute approximate surface area is 238 Å². The van der Waals surface area contributed by atoms with E-state index in [0.717, 1.165) is 86.1 Å². The van der Waals surface area contributed by atoms with Crippen LogP contribution in [0.25, 0.3) is 0 Å². The molecule has 2 N–H and O–H groups in total. The van der Waals surface area contributed by atoms with Gasteiger partial charge in [0.1, 0.15) is 5.75 Å². The Bertz CT molecular complexity index is 1190. The van der Waals surface area contributed by atoms with Crippen LogP contribution in [0.4, 0.5) is 5.82 Å². The van der Waals surface area contributed by atoms with Crippen molar-refractivity contribution in [2.24, 2.45) is 11.8 Å². The Kier molecular flexibility index (Phi) is 9.21. The molecule has 1 aliphatic heterocycles. The molecule has 0 atom stereocenters. The molecule has 2 aliphatic carbocycles. The maximum atomic E-state index is 12.9. The van der Waals surface area contributed by atoms with E-state index in [2.05, 4.69) is 26.5 Å². The Hall–Kier alpha value is -3.18. The Morgan fingerprint density at radius 2 is 1.65 bits per heavy atom. The summed E-state index contributed by atoms with van der Waals surface area (Å²) in [4.78, 5) is 15.2. The van der Waals surface area contributed by atoms with Crippen molar-refractivity contribution in [3.8, 4) is 11.8 Å². The largest absolute Gasteiger partial charge is 0.490 e. The summed E-state index contributed by atoms with van der Waals surface area (Å²) in [6, 6.07) is 9.76. The molecular formula is C32H43N5O3. The van der Waals surface area contributed by atoms with Crippen molar-refractivity contribution in [2.45, 2.75) is 103 Å². The first-order valence-electron chi connectivity index (χ1n) is 15.1. The molecule has 8 nitrogen and oxygen atoms in total. The maximum absolute atomic E-state index is 12.9. The zero-order chi connectivity index (χ0) is 28.1. The normalized spacial score (nSPS) is 25.7. The Morgan fingerprint density at radius 1 is 0.950 bits per heavy atom.